The second-order valence-electron chi connectivity index (χ2n) is 3.82. The fourth-order valence-corrected chi connectivity index (χ4v) is 1.90. The number of nitrogens with zero attached hydrogens (tertiary/aromatic N) is 1. The van der Waals surface area contributed by atoms with Gasteiger partial charge in [0.05, 0.1) is 16.7 Å². The molecule has 0 aromatic heterocycles. The molecule has 0 amide bonds. The highest BCUT2D eigenvalue weighted by Gasteiger charge is 2.07. The van der Waals surface area contributed by atoms with Gasteiger partial charge in [-0.05, 0) is 29.8 Å². The first-order chi connectivity index (χ1) is 9.11. The molecule has 0 aliphatic heterocycles. The molecule has 2 aromatic carbocycles. The number of halogens is 3. The summed E-state index contributed by atoms with van der Waals surface area (Å²) in [7, 11) is 0. The number of benzene rings is 2. The number of allylic oxidation sites excluding steroid dienone is 1. The highest BCUT2D eigenvalue weighted by atomic mass is 35.5. The van der Waals surface area contributed by atoms with Gasteiger partial charge in [-0.15, -0.1) is 0 Å². The van der Waals surface area contributed by atoms with Crippen LogP contribution >= 0.6 is 23.2 Å². The zero-order chi connectivity index (χ0) is 13.8. The van der Waals surface area contributed by atoms with Crippen molar-refractivity contribution < 1.29 is 4.39 Å². The molecule has 0 unspecified atom stereocenters. The number of hydrogen-bond acceptors (Lipinski definition) is 1. The summed E-state index contributed by atoms with van der Waals surface area (Å²) in [6.45, 7) is 0. The van der Waals surface area contributed by atoms with E-state index in [0.717, 1.165) is 0 Å². The molecule has 0 aliphatic carbocycles. The zero-order valence-electron chi connectivity index (χ0n) is 9.70. The average molecular weight is 292 g/mol. The second kappa shape index (κ2) is 5.88. The fourth-order valence-electron chi connectivity index (χ4n) is 1.60. The molecule has 4 heteroatoms. The van der Waals surface area contributed by atoms with Gasteiger partial charge < -0.3 is 0 Å². The molecule has 1 nitrogen and oxygen atoms in total. The molecule has 0 spiro atoms. The summed E-state index contributed by atoms with van der Waals surface area (Å²) in [6.07, 6.45) is 1.46. The molecule has 0 atom stereocenters. The quantitative estimate of drug-likeness (QED) is 0.551. The minimum atomic E-state index is -0.536. The van der Waals surface area contributed by atoms with Crippen LogP contribution < -0.4 is 0 Å². The first-order valence-electron chi connectivity index (χ1n) is 5.43. The van der Waals surface area contributed by atoms with E-state index in [1.165, 1.54) is 12.1 Å². The van der Waals surface area contributed by atoms with Crippen LogP contribution in [0.1, 0.15) is 11.1 Å². The van der Waals surface area contributed by atoms with Crippen molar-refractivity contribution in [1.82, 2.24) is 0 Å². The molecule has 0 saturated carbocycles. The van der Waals surface area contributed by atoms with Crippen molar-refractivity contribution in [3.8, 4) is 6.07 Å². The van der Waals surface area contributed by atoms with Gasteiger partial charge in [0.2, 0.25) is 0 Å². The fraction of sp³-hybridized carbons (Fsp3) is 0. The Bertz CT molecular complexity index is 670. The van der Waals surface area contributed by atoms with Crippen LogP contribution in [0.4, 0.5) is 4.39 Å². The Morgan fingerprint density at radius 2 is 1.79 bits per heavy atom. The lowest BCUT2D eigenvalue weighted by atomic mass is 10.0. The van der Waals surface area contributed by atoms with Crippen molar-refractivity contribution in [3.63, 3.8) is 0 Å². The van der Waals surface area contributed by atoms with Crippen molar-refractivity contribution in [3.05, 3.63) is 69.5 Å². The normalized spacial score (nSPS) is 11.2. The number of nitriles is 1. The van der Waals surface area contributed by atoms with E-state index in [1.807, 2.05) is 6.07 Å². The minimum Gasteiger partial charge on any atom is -0.205 e. The smallest absolute Gasteiger partial charge is 0.149 e. The lowest BCUT2D eigenvalue weighted by Crippen LogP contribution is -1.86. The Morgan fingerprint density at radius 3 is 2.42 bits per heavy atom. The van der Waals surface area contributed by atoms with E-state index in [0.29, 0.717) is 16.2 Å². The van der Waals surface area contributed by atoms with Crippen LogP contribution in [0.25, 0.3) is 11.6 Å². The Kier molecular flexibility index (Phi) is 4.21. The van der Waals surface area contributed by atoms with Crippen molar-refractivity contribution in [1.29, 1.82) is 5.26 Å². The lowest BCUT2D eigenvalue weighted by Gasteiger charge is -2.02. The summed E-state index contributed by atoms with van der Waals surface area (Å²) in [6, 6.07) is 13.5. The largest absolute Gasteiger partial charge is 0.205 e. The van der Waals surface area contributed by atoms with Crippen LogP contribution in [0, 0.1) is 17.1 Å². The van der Waals surface area contributed by atoms with E-state index in [4.69, 9.17) is 28.5 Å². The van der Waals surface area contributed by atoms with E-state index < -0.39 is 5.82 Å². The first-order valence-corrected chi connectivity index (χ1v) is 6.19. The molecule has 0 heterocycles. The molecule has 19 heavy (non-hydrogen) atoms. The maximum absolute atomic E-state index is 13.8. The van der Waals surface area contributed by atoms with Crippen molar-refractivity contribution in [2.24, 2.45) is 0 Å². The Labute approximate surface area is 120 Å². The zero-order valence-corrected chi connectivity index (χ0v) is 11.2. The SMILES string of the molecule is N#C/C(=C\c1cccc(Cl)c1F)c1ccc(Cl)cc1. The standard InChI is InChI=1S/C15H8Cl2FN/c16-13-6-4-10(5-7-13)12(9-19)8-11-2-1-3-14(17)15(11)18/h1-8H/b12-8+. The van der Waals surface area contributed by atoms with E-state index in [-0.39, 0.29) is 10.6 Å². The highest BCUT2D eigenvalue weighted by molar-refractivity contribution is 6.31. The van der Waals surface area contributed by atoms with Gasteiger partial charge in [-0.3, -0.25) is 0 Å². The molecular weight excluding hydrogens is 284 g/mol. The van der Waals surface area contributed by atoms with Crippen molar-refractivity contribution >= 4 is 34.9 Å². The van der Waals surface area contributed by atoms with Gasteiger partial charge >= 0.3 is 0 Å². The minimum absolute atomic E-state index is 0.0298. The van der Waals surface area contributed by atoms with Crippen LogP contribution in [-0.2, 0) is 0 Å². The monoisotopic (exact) mass is 291 g/mol. The molecule has 2 rings (SSSR count). The highest BCUT2D eigenvalue weighted by Crippen LogP contribution is 2.24. The number of rotatable bonds is 2. The summed E-state index contributed by atoms with van der Waals surface area (Å²) in [5, 5.41) is 9.77. The van der Waals surface area contributed by atoms with Crippen molar-refractivity contribution in [2.75, 3.05) is 0 Å². The molecule has 0 radical (unpaired) electrons. The third kappa shape index (κ3) is 3.14. The van der Waals surface area contributed by atoms with E-state index in [9.17, 15) is 4.39 Å². The maximum Gasteiger partial charge on any atom is 0.149 e. The van der Waals surface area contributed by atoms with Gasteiger partial charge in [-0.1, -0.05) is 47.5 Å². The molecule has 94 valence electrons. The summed E-state index contributed by atoms with van der Waals surface area (Å²) in [4.78, 5) is 0. The van der Waals surface area contributed by atoms with Crippen molar-refractivity contribution in [2.45, 2.75) is 0 Å². The maximum atomic E-state index is 13.8. The molecule has 0 aliphatic rings. The summed E-state index contributed by atoms with van der Waals surface area (Å²) < 4.78 is 13.8. The van der Waals surface area contributed by atoms with Gasteiger partial charge in [0, 0.05) is 10.6 Å². The molecule has 0 N–H and O–H groups in total. The van der Waals surface area contributed by atoms with Crippen LogP contribution in [-0.4, -0.2) is 0 Å². The van der Waals surface area contributed by atoms with Gasteiger partial charge in [0.15, 0.2) is 0 Å². The van der Waals surface area contributed by atoms with Gasteiger partial charge in [0.1, 0.15) is 5.82 Å². The third-order valence-corrected chi connectivity index (χ3v) is 3.10. The lowest BCUT2D eigenvalue weighted by molar-refractivity contribution is 0.625. The average Bonchev–Trinajstić information content (AvgIpc) is 2.42. The number of hydrogen-bond donors (Lipinski definition) is 0. The second-order valence-corrected chi connectivity index (χ2v) is 4.66. The van der Waals surface area contributed by atoms with Crippen LogP contribution in [0.3, 0.4) is 0 Å². The topological polar surface area (TPSA) is 23.8 Å². The molecular formula is C15H8Cl2FN. The van der Waals surface area contributed by atoms with Crippen LogP contribution in [0.5, 0.6) is 0 Å². The predicted octanol–water partition coefficient (Wildman–Crippen LogP) is 5.20. The van der Waals surface area contributed by atoms with Crippen LogP contribution in [0.15, 0.2) is 42.5 Å². The molecule has 0 saturated heterocycles. The van der Waals surface area contributed by atoms with E-state index in [2.05, 4.69) is 0 Å². The van der Waals surface area contributed by atoms with Crippen LogP contribution in [0.2, 0.25) is 10.0 Å². The van der Waals surface area contributed by atoms with Gasteiger partial charge in [-0.25, -0.2) is 4.39 Å². The Balaban J connectivity index is 2.48. The third-order valence-electron chi connectivity index (χ3n) is 2.56. The van der Waals surface area contributed by atoms with E-state index >= 15 is 0 Å². The predicted molar refractivity (Wildman–Crippen MR) is 76.3 cm³/mol. The summed E-state index contributed by atoms with van der Waals surface area (Å²) in [5.74, 6) is -0.536. The van der Waals surface area contributed by atoms with E-state index in [1.54, 1.807) is 36.4 Å². The molecule has 0 bridgehead atoms. The van der Waals surface area contributed by atoms with Gasteiger partial charge in [0.25, 0.3) is 0 Å². The summed E-state index contributed by atoms with van der Waals surface area (Å²) >= 11 is 11.5. The summed E-state index contributed by atoms with van der Waals surface area (Å²) in [5.41, 5.74) is 1.29. The Hall–Kier alpha value is -1.82. The molecule has 0 fully saturated rings. The Morgan fingerprint density at radius 1 is 1.11 bits per heavy atom. The molecule has 2 aromatic rings. The van der Waals surface area contributed by atoms with Gasteiger partial charge in [-0.2, -0.15) is 5.26 Å². The first kappa shape index (κ1) is 13.6.